The van der Waals surface area contributed by atoms with Crippen LogP contribution >= 0.6 is 0 Å². The molecular formula is C25H27NO3. The summed E-state index contributed by atoms with van der Waals surface area (Å²) in [7, 11) is 0. The van der Waals surface area contributed by atoms with Crippen LogP contribution in [0.3, 0.4) is 0 Å². The average Bonchev–Trinajstić information content (AvgIpc) is 2.96. The minimum absolute atomic E-state index is 0.0539. The van der Waals surface area contributed by atoms with Gasteiger partial charge in [0.15, 0.2) is 0 Å². The van der Waals surface area contributed by atoms with Gasteiger partial charge in [0, 0.05) is 5.56 Å². The molecule has 150 valence electrons. The third-order valence-corrected chi connectivity index (χ3v) is 6.76. The van der Waals surface area contributed by atoms with E-state index in [2.05, 4.69) is 18.3 Å². The molecule has 3 aliphatic carbocycles. The molecule has 2 bridgehead atoms. The molecule has 0 saturated heterocycles. The normalized spacial score (nSPS) is 32.0. The summed E-state index contributed by atoms with van der Waals surface area (Å²) in [5, 5.41) is 14.1. The van der Waals surface area contributed by atoms with Crippen LogP contribution in [0.25, 0.3) is 0 Å². The number of hydrogen-bond acceptors (Lipinski definition) is 3. The number of fused-ring (bicyclic) bond motifs is 1. The predicted molar refractivity (Wildman–Crippen MR) is 111 cm³/mol. The van der Waals surface area contributed by atoms with E-state index in [1.807, 2.05) is 48.5 Å². The molecule has 0 aromatic heterocycles. The van der Waals surface area contributed by atoms with Crippen molar-refractivity contribution >= 4 is 5.91 Å². The number of hydrogen-bond donors (Lipinski definition) is 2. The number of amides is 1. The summed E-state index contributed by atoms with van der Waals surface area (Å²) in [4.78, 5) is 12.9. The van der Waals surface area contributed by atoms with Crippen molar-refractivity contribution in [3.05, 3.63) is 77.4 Å². The Hall–Kier alpha value is -2.59. The summed E-state index contributed by atoms with van der Waals surface area (Å²) < 4.78 is 5.87. The van der Waals surface area contributed by atoms with E-state index in [-0.39, 0.29) is 11.9 Å². The molecule has 0 heterocycles. The molecule has 2 fully saturated rings. The van der Waals surface area contributed by atoms with Crippen molar-refractivity contribution in [1.29, 1.82) is 0 Å². The van der Waals surface area contributed by atoms with Crippen LogP contribution in [0.5, 0.6) is 5.75 Å². The Balaban J connectivity index is 1.27. The maximum absolute atomic E-state index is 12.9. The van der Waals surface area contributed by atoms with Gasteiger partial charge in [-0.1, -0.05) is 49.4 Å². The monoisotopic (exact) mass is 389 g/mol. The van der Waals surface area contributed by atoms with Gasteiger partial charge in [0.05, 0.1) is 11.6 Å². The number of allylic oxidation sites excluding steroid dienone is 1. The first-order valence-corrected chi connectivity index (χ1v) is 10.5. The second-order valence-corrected chi connectivity index (χ2v) is 9.00. The zero-order chi connectivity index (χ0) is 20.0. The first-order chi connectivity index (χ1) is 14.0. The number of ether oxygens (including phenoxy) is 1. The standard InChI is InChI=1S/C25H27NO3/c1-16-10-20-21-13-25(28,12-16)14-22(21)23(20)26-24(27)18-8-5-9-19(11-18)29-15-17-6-3-2-4-7-17/h2-11,16,21-23,28H,12-15H2,1H3,(H,26,27)/t16?,21?,22?,23?,25-/m0/s1. The van der Waals surface area contributed by atoms with E-state index >= 15 is 0 Å². The van der Waals surface area contributed by atoms with Gasteiger partial charge in [0.25, 0.3) is 5.91 Å². The molecule has 29 heavy (non-hydrogen) atoms. The summed E-state index contributed by atoms with van der Waals surface area (Å²) in [6, 6.07) is 17.4. The van der Waals surface area contributed by atoms with E-state index < -0.39 is 5.60 Å². The van der Waals surface area contributed by atoms with Gasteiger partial charge < -0.3 is 15.2 Å². The molecule has 5 atom stereocenters. The van der Waals surface area contributed by atoms with Crippen LogP contribution in [0, 0.1) is 17.8 Å². The molecular weight excluding hydrogens is 362 g/mol. The highest BCUT2D eigenvalue weighted by Gasteiger charge is 2.58. The van der Waals surface area contributed by atoms with Crippen molar-refractivity contribution in [3.8, 4) is 5.75 Å². The first kappa shape index (κ1) is 18.4. The van der Waals surface area contributed by atoms with E-state index in [1.54, 1.807) is 6.07 Å². The second-order valence-electron chi connectivity index (χ2n) is 9.00. The molecule has 2 saturated carbocycles. The largest absolute Gasteiger partial charge is 0.489 e. The van der Waals surface area contributed by atoms with Crippen molar-refractivity contribution in [1.82, 2.24) is 5.32 Å². The van der Waals surface area contributed by atoms with Crippen LogP contribution in [-0.4, -0.2) is 22.7 Å². The number of aliphatic hydroxyl groups is 1. The van der Waals surface area contributed by atoms with Crippen LogP contribution in [0.1, 0.15) is 42.1 Å². The summed E-state index contributed by atoms with van der Waals surface area (Å²) in [6.07, 6.45) is 4.77. The van der Waals surface area contributed by atoms with Crippen LogP contribution in [0.2, 0.25) is 0 Å². The highest BCUT2D eigenvalue weighted by Crippen LogP contribution is 2.58. The average molecular weight is 389 g/mol. The van der Waals surface area contributed by atoms with E-state index in [0.717, 1.165) is 24.8 Å². The predicted octanol–water partition coefficient (Wildman–Crippen LogP) is 4.10. The SMILES string of the molecule is CC1C=C2C3C[C@@](O)(C1)CC3C2NC(=O)c1cccc(OCc2ccccc2)c1. The Morgan fingerprint density at radius 3 is 2.79 bits per heavy atom. The molecule has 2 aromatic carbocycles. The topological polar surface area (TPSA) is 58.6 Å². The lowest BCUT2D eigenvalue weighted by Crippen LogP contribution is -2.53. The quantitative estimate of drug-likeness (QED) is 0.757. The van der Waals surface area contributed by atoms with Crippen molar-refractivity contribution in [3.63, 3.8) is 0 Å². The van der Waals surface area contributed by atoms with E-state index in [9.17, 15) is 9.90 Å². The molecule has 1 amide bonds. The number of benzene rings is 2. The summed E-state index contributed by atoms with van der Waals surface area (Å²) in [6.45, 7) is 2.63. The first-order valence-electron chi connectivity index (χ1n) is 10.5. The van der Waals surface area contributed by atoms with Crippen molar-refractivity contribution in [2.24, 2.45) is 17.8 Å². The number of carbonyl (C=O) groups is 1. The fourth-order valence-corrected chi connectivity index (χ4v) is 5.56. The van der Waals surface area contributed by atoms with Gasteiger partial charge in [-0.3, -0.25) is 4.79 Å². The highest BCUT2D eigenvalue weighted by molar-refractivity contribution is 5.95. The lowest BCUT2D eigenvalue weighted by Gasteiger charge is -2.45. The number of carbonyl (C=O) groups excluding carboxylic acids is 1. The molecule has 2 N–H and O–H groups in total. The maximum atomic E-state index is 12.9. The molecule has 4 heteroatoms. The third kappa shape index (κ3) is 3.46. The Morgan fingerprint density at radius 2 is 1.97 bits per heavy atom. The Bertz CT molecular complexity index is 954. The molecule has 2 aromatic rings. The highest BCUT2D eigenvalue weighted by atomic mass is 16.5. The Labute approximate surface area is 171 Å². The van der Waals surface area contributed by atoms with E-state index in [4.69, 9.17) is 4.74 Å². The lowest BCUT2D eigenvalue weighted by atomic mass is 9.65. The van der Waals surface area contributed by atoms with Gasteiger partial charge in [0.2, 0.25) is 0 Å². The summed E-state index contributed by atoms with van der Waals surface area (Å²) in [5.74, 6) is 1.77. The second kappa shape index (κ2) is 7.03. The molecule has 0 radical (unpaired) electrons. The lowest BCUT2D eigenvalue weighted by molar-refractivity contribution is 0.0253. The Morgan fingerprint density at radius 1 is 1.14 bits per heavy atom. The zero-order valence-corrected chi connectivity index (χ0v) is 16.7. The van der Waals surface area contributed by atoms with Crippen LogP contribution in [-0.2, 0) is 6.61 Å². The van der Waals surface area contributed by atoms with Gasteiger partial charge in [-0.25, -0.2) is 0 Å². The maximum Gasteiger partial charge on any atom is 0.251 e. The van der Waals surface area contributed by atoms with Gasteiger partial charge >= 0.3 is 0 Å². The van der Waals surface area contributed by atoms with Gasteiger partial charge in [0.1, 0.15) is 12.4 Å². The van der Waals surface area contributed by atoms with Crippen molar-refractivity contribution in [2.75, 3.05) is 0 Å². The molecule has 3 aliphatic rings. The molecule has 0 aliphatic heterocycles. The molecule has 5 rings (SSSR count). The minimum atomic E-state index is -0.558. The minimum Gasteiger partial charge on any atom is -0.489 e. The van der Waals surface area contributed by atoms with Gasteiger partial charge in [-0.2, -0.15) is 0 Å². The third-order valence-electron chi connectivity index (χ3n) is 6.76. The van der Waals surface area contributed by atoms with Crippen LogP contribution < -0.4 is 10.1 Å². The summed E-state index contributed by atoms with van der Waals surface area (Å²) in [5.41, 5.74) is 2.46. The van der Waals surface area contributed by atoms with Crippen LogP contribution in [0.15, 0.2) is 66.2 Å². The van der Waals surface area contributed by atoms with Crippen molar-refractivity contribution < 1.29 is 14.6 Å². The number of rotatable bonds is 5. The zero-order valence-electron chi connectivity index (χ0n) is 16.7. The van der Waals surface area contributed by atoms with Crippen LogP contribution in [0.4, 0.5) is 0 Å². The van der Waals surface area contributed by atoms with Crippen molar-refractivity contribution in [2.45, 2.75) is 44.4 Å². The summed E-state index contributed by atoms with van der Waals surface area (Å²) >= 11 is 0. The number of nitrogens with one attached hydrogen (secondary N) is 1. The fraction of sp³-hybridized carbons (Fsp3) is 0.400. The molecule has 4 nitrogen and oxygen atoms in total. The smallest absolute Gasteiger partial charge is 0.251 e. The van der Waals surface area contributed by atoms with Gasteiger partial charge in [-0.15, -0.1) is 0 Å². The van der Waals surface area contributed by atoms with Gasteiger partial charge in [-0.05, 0) is 66.4 Å². The fourth-order valence-electron chi connectivity index (χ4n) is 5.56. The van der Waals surface area contributed by atoms with E-state index in [0.29, 0.717) is 35.7 Å². The van der Waals surface area contributed by atoms with E-state index in [1.165, 1.54) is 5.57 Å². The molecule has 4 unspecified atom stereocenters. The molecule has 0 spiro atoms. The Kier molecular flexibility index (Phi) is 4.47.